The monoisotopic (exact) mass is 509 g/mol. The maximum atomic E-state index is 14.2. The molecule has 0 radical (unpaired) electrons. The van der Waals surface area contributed by atoms with Crippen LogP contribution in [0.1, 0.15) is 51.6 Å². The molecule has 5 rings (SSSR count). The number of hydrogen-bond donors (Lipinski definition) is 1. The molecule has 10 heteroatoms. The van der Waals surface area contributed by atoms with E-state index in [0.717, 1.165) is 10.1 Å². The van der Waals surface area contributed by atoms with Gasteiger partial charge in [0.2, 0.25) is 0 Å². The molecular weight excluding hydrogens is 478 g/mol. The average molecular weight is 510 g/mol. The number of benzene rings is 1. The molecule has 1 saturated carbocycles. The van der Waals surface area contributed by atoms with E-state index >= 15 is 0 Å². The van der Waals surface area contributed by atoms with Crippen LogP contribution in [0.15, 0.2) is 44.5 Å². The van der Waals surface area contributed by atoms with Gasteiger partial charge in [-0.25, -0.2) is 23.5 Å². The number of fused-ring (bicyclic) bond motifs is 4. The van der Waals surface area contributed by atoms with E-state index in [1.165, 1.54) is 42.8 Å². The summed E-state index contributed by atoms with van der Waals surface area (Å²) in [5.74, 6) is -0.592. The lowest BCUT2D eigenvalue weighted by Crippen LogP contribution is -2.61. The highest BCUT2D eigenvalue weighted by atomic mass is 16.5. The number of phenols is 1. The first-order chi connectivity index (χ1) is 17.3. The molecule has 2 heterocycles. The Labute approximate surface area is 213 Å². The number of allylic oxidation sites excluding steroid dienone is 4. The van der Waals surface area contributed by atoms with Gasteiger partial charge in [0.25, 0.3) is 0 Å². The third-order valence-electron chi connectivity index (χ3n) is 9.12. The second-order valence-corrected chi connectivity index (χ2v) is 10.6. The molecule has 0 amide bonds. The number of carbonyl (C=O) groups excluding carboxylic acids is 2. The lowest BCUT2D eigenvalue weighted by atomic mass is 9.43. The number of aromatic nitrogens is 3. The van der Waals surface area contributed by atoms with Gasteiger partial charge < -0.3 is 14.6 Å². The zero-order valence-corrected chi connectivity index (χ0v) is 22.0. The third-order valence-corrected chi connectivity index (χ3v) is 9.12. The van der Waals surface area contributed by atoms with Crippen molar-refractivity contribution >= 4 is 11.6 Å². The number of hydrogen-bond acceptors (Lipinski definition) is 7. The first kappa shape index (κ1) is 24.9. The van der Waals surface area contributed by atoms with E-state index in [4.69, 9.17) is 9.47 Å². The van der Waals surface area contributed by atoms with Crippen molar-refractivity contribution in [2.75, 3.05) is 14.2 Å². The molecule has 1 fully saturated rings. The van der Waals surface area contributed by atoms with Crippen LogP contribution in [0.25, 0.3) is 0 Å². The number of phenolic OH excluding ortho intramolecular Hbond substituents is 1. The van der Waals surface area contributed by atoms with E-state index < -0.39 is 34.2 Å². The van der Waals surface area contributed by atoms with E-state index in [1.54, 1.807) is 27.7 Å². The molecule has 2 aliphatic carbocycles. The fourth-order valence-corrected chi connectivity index (χ4v) is 6.82. The van der Waals surface area contributed by atoms with Gasteiger partial charge in [-0.1, -0.05) is 19.9 Å². The number of aromatic hydroxyl groups is 1. The summed E-state index contributed by atoms with van der Waals surface area (Å²) in [4.78, 5) is 54.4. The van der Waals surface area contributed by atoms with Gasteiger partial charge in [0.1, 0.15) is 17.2 Å². The zero-order valence-electron chi connectivity index (χ0n) is 22.0. The Balaban J connectivity index is 1.92. The maximum absolute atomic E-state index is 14.2. The second-order valence-electron chi connectivity index (χ2n) is 10.6. The van der Waals surface area contributed by atoms with Crippen molar-refractivity contribution in [2.24, 2.45) is 17.9 Å². The normalized spacial score (nSPS) is 28.9. The molecule has 1 aromatic carbocycles. The molecule has 0 unspecified atom stereocenters. The highest BCUT2D eigenvalue weighted by Crippen LogP contribution is 2.67. The number of carbonyl (C=O) groups is 2. The molecule has 1 aliphatic heterocycles. The molecule has 37 heavy (non-hydrogen) atoms. The Morgan fingerprint density at radius 3 is 2.08 bits per heavy atom. The second kappa shape index (κ2) is 7.84. The van der Waals surface area contributed by atoms with Crippen LogP contribution in [0.5, 0.6) is 17.2 Å². The number of nitrogens with zero attached hydrogens (tertiary/aromatic N) is 3. The van der Waals surface area contributed by atoms with Crippen LogP contribution >= 0.6 is 0 Å². The summed E-state index contributed by atoms with van der Waals surface area (Å²) >= 11 is 0. The van der Waals surface area contributed by atoms with Gasteiger partial charge in [-0.15, -0.1) is 0 Å². The van der Waals surface area contributed by atoms with Crippen LogP contribution in [0.2, 0.25) is 0 Å². The minimum absolute atomic E-state index is 0.0820. The van der Waals surface area contributed by atoms with E-state index in [-0.39, 0.29) is 30.3 Å². The Morgan fingerprint density at radius 2 is 1.51 bits per heavy atom. The van der Waals surface area contributed by atoms with Crippen LogP contribution in [0, 0.1) is 10.8 Å². The summed E-state index contributed by atoms with van der Waals surface area (Å²) < 4.78 is 15.2. The Bertz CT molecular complexity index is 1540. The SMILES string of the molecule is COc1cc(O)cc(OC)c1[C@H]1C2=CCn3c(=O)n(C)c(=O)n3[C@@H]2C[C@@]2(C)C(=O)C(C)=C(C)C(=O)[C@@]12C. The molecule has 3 aliphatic rings. The van der Waals surface area contributed by atoms with E-state index in [9.17, 15) is 24.3 Å². The highest BCUT2D eigenvalue weighted by Gasteiger charge is 2.67. The molecule has 2 aromatic rings. The van der Waals surface area contributed by atoms with Crippen LogP contribution in [0.3, 0.4) is 0 Å². The first-order valence-corrected chi connectivity index (χ1v) is 12.1. The van der Waals surface area contributed by atoms with Gasteiger partial charge in [-0.05, 0) is 37.0 Å². The number of ketones is 2. The van der Waals surface area contributed by atoms with Gasteiger partial charge in [0, 0.05) is 36.1 Å². The van der Waals surface area contributed by atoms with Crippen molar-refractivity contribution in [1.82, 2.24) is 13.9 Å². The molecular formula is C27H31N3O7. The fraction of sp³-hybridized carbons (Fsp3) is 0.481. The van der Waals surface area contributed by atoms with E-state index in [2.05, 4.69) is 0 Å². The summed E-state index contributed by atoms with van der Waals surface area (Å²) in [7, 11) is 4.33. The van der Waals surface area contributed by atoms with Gasteiger partial charge in [0.15, 0.2) is 11.6 Å². The largest absolute Gasteiger partial charge is 0.508 e. The summed E-state index contributed by atoms with van der Waals surface area (Å²) in [6.07, 6.45) is 2.03. The Kier molecular flexibility index (Phi) is 5.27. The molecule has 0 saturated heterocycles. The third kappa shape index (κ3) is 2.86. The minimum atomic E-state index is -1.27. The fourth-order valence-electron chi connectivity index (χ4n) is 6.82. The molecule has 0 spiro atoms. The van der Waals surface area contributed by atoms with Crippen molar-refractivity contribution in [3.05, 3.63) is 61.5 Å². The van der Waals surface area contributed by atoms with Gasteiger partial charge in [0.05, 0.1) is 32.2 Å². The molecule has 1 aromatic heterocycles. The van der Waals surface area contributed by atoms with Crippen LogP contribution in [-0.4, -0.2) is 44.8 Å². The zero-order chi connectivity index (χ0) is 27.2. The highest BCUT2D eigenvalue weighted by molar-refractivity contribution is 6.17. The van der Waals surface area contributed by atoms with Crippen molar-refractivity contribution < 1.29 is 24.2 Å². The minimum Gasteiger partial charge on any atom is -0.508 e. The van der Waals surface area contributed by atoms with Crippen molar-refractivity contribution in [1.29, 1.82) is 0 Å². The van der Waals surface area contributed by atoms with Crippen LogP contribution in [0.4, 0.5) is 0 Å². The summed E-state index contributed by atoms with van der Waals surface area (Å²) in [5.41, 5.74) is -1.41. The summed E-state index contributed by atoms with van der Waals surface area (Å²) in [6, 6.07) is 2.22. The van der Waals surface area contributed by atoms with Crippen molar-refractivity contribution in [3.63, 3.8) is 0 Å². The topological polar surface area (TPSA) is 122 Å². The number of rotatable bonds is 3. The lowest BCUT2D eigenvalue weighted by Gasteiger charge is -2.58. The van der Waals surface area contributed by atoms with Crippen LogP contribution in [-0.2, 0) is 23.2 Å². The molecule has 1 N–H and O–H groups in total. The van der Waals surface area contributed by atoms with Gasteiger partial charge >= 0.3 is 11.4 Å². The van der Waals surface area contributed by atoms with E-state index in [0.29, 0.717) is 28.2 Å². The number of Topliss-reactive ketones (excluding diaryl/α,β-unsaturated/α-hetero) is 2. The molecule has 0 bridgehead atoms. The molecule has 4 atom stereocenters. The van der Waals surface area contributed by atoms with Crippen molar-refractivity contribution in [3.8, 4) is 17.2 Å². The Morgan fingerprint density at radius 1 is 0.946 bits per heavy atom. The van der Waals surface area contributed by atoms with Crippen LogP contribution < -0.4 is 20.9 Å². The van der Waals surface area contributed by atoms with Crippen molar-refractivity contribution in [2.45, 2.75) is 52.6 Å². The predicted molar refractivity (Wildman–Crippen MR) is 134 cm³/mol. The maximum Gasteiger partial charge on any atom is 0.347 e. The van der Waals surface area contributed by atoms with E-state index in [1.807, 2.05) is 6.08 Å². The number of ether oxygens (including phenoxy) is 2. The summed E-state index contributed by atoms with van der Waals surface area (Å²) in [5, 5.41) is 10.3. The van der Waals surface area contributed by atoms with Gasteiger partial charge in [-0.3, -0.25) is 9.59 Å². The quantitative estimate of drug-likeness (QED) is 0.630. The predicted octanol–water partition coefficient (Wildman–Crippen LogP) is 2.24. The molecule has 10 nitrogen and oxygen atoms in total. The smallest absolute Gasteiger partial charge is 0.347 e. The lowest BCUT2D eigenvalue weighted by molar-refractivity contribution is -0.151. The molecule has 196 valence electrons. The standard InChI is InChI=1S/C27H31N3O7/c1-13-14(2)23(33)27(4)21(20-18(36-6)10-15(31)11-19(20)37-7)16-8-9-29-24(34)28(5)25(35)30(29)17(16)12-26(27,3)22(13)32/h8,10-11,17,21,31H,9,12H2,1-7H3/t17-,21-,26+,27-/m1/s1. The number of methoxy groups -OCH3 is 2. The average Bonchev–Trinajstić information content (AvgIpc) is 3.10. The Hall–Kier alpha value is -3.82. The van der Waals surface area contributed by atoms with Gasteiger partial charge in [-0.2, -0.15) is 0 Å². The first-order valence-electron chi connectivity index (χ1n) is 12.1. The summed E-state index contributed by atoms with van der Waals surface area (Å²) in [6.45, 7) is 7.03.